The van der Waals surface area contributed by atoms with Gasteiger partial charge in [0.05, 0.1) is 11.2 Å². The molecular weight excluding hydrogens is 212 g/mol. The lowest BCUT2D eigenvalue weighted by molar-refractivity contribution is 0.330. The molecule has 0 radical (unpaired) electrons. The van der Waals surface area contributed by atoms with Crippen LogP contribution < -0.4 is 0 Å². The molecule has 1 N–H and O–H groups in total. The zero-order valence-corrected chi connectivity index (χ0v) is 12.0. The van der Waals surface area contributed by atoms with Gasteiger partial charge in [-0.25, -0.2) is 0 Å². The van der Waals surface area contributed by atoms with Crippen LogP contribution in [0.25, 0.3) is 0 Å². The topological polar surface area (TPSA) is 38.0 Å². The normalized spacial score (nSPS) is 14.0. The highest BCUT2D eigenvalue weighted by atomic mass is 16.3. The van der Waals surface area contributed by atoms with Gasteiger partial charge in [0.2, 0.25) is 0 Å². The summed E-state index contributed by atoms with van der Waals surface area (Å²) in [5, 5.41) is 14.9. The summed E-state index contributed by atoms with van der Waals surface area (Å²) in [7, 11) is 0. The van der Waals surface area contributed by atoms with Crippen LogP contribution in [-0.2, 0) is 12.0 Å². The third-order valence-electron chi connectivity index (χ3n) is 3.17. The Bertz CT molecular complexity index is 374. The fourth-order valence-electron chi connectivity index (χ4n) is 2.02. The summed E-state index contributed by atoms with van der Waals surface area (Å²) in [5.74, 6) is 0.753. The summed E-state index contributed by atoms with van der Waals surface area (Å²) in [6.07, 6.45) is 2.87. The Morgan fingerprint density at radius 1 is 1.29 bits per heavy atom. The second-order valence-corrected chi connectivity index (χ2v) is 5.82. The van der Waals surface area contributed by atoms with Gasteiger partial charge in [0, 0.05) is 5.92 Å². The first-order chi connectivity index (χ1) is 7.82. The van der Waals surface area contributed by atoms with Crippen molar-refractivity contribution in [2.75, 3.05) is 0 Å². The minimum atomic E-state index is -0.0811. The van der Waals surface area contributed by atoms with E-state index in [9.17, 15) is 5.11 Å². The van der Waals surface area contributed by atoms with Gasteiger partial charge in [-0.2, -0.15) is 5.10 Å². The molecule has 1 unspecified atom stereocenters. The van der Waals surface area contributed by atoms with E-state index >= 15 is 0 Å². The van der Waals surface area contributed by atoms with Crippen molar-refractivity contribution >= 4 is 0 Å². The minimum absolute atomic E-state index is 0.0811. The molecule has 1 aromatic rings. The first-order valence-electron chi connectivity index (χ1n) is 6.64. The second-order valence-electron chi connectivity index (χ2n) is 5.82. The molecule has 1 aromatic heterocycles. The van der Waals surface area contributed by atoms with Crippen LogP contribution in [0.5, 0.6) is 5.75 Å². The van der Waals surface area contributed by atoms with Gasteiger partial charge in [0.1, 0.15) is 5.69 Å². The van der Waals surface area contributed by atoms with Gasteiger partial charge in [-0.3, -0.25) is 4.68 Å². The summed E-state index contributed by atoms with van der Waals surface area (Å²) in [6.45, 7) is 12.8. The van der Waals surface area contributed by atoms with E-state index in [2.05, 4.69) is 46.6 Å². The van der Waals surface area contributed by atoms with Crippen LogP contribution in [0, 0.1) is 0 Å². The molecule has 3 nitrogen and oxygen atoms in total. The van der Waals surface area contributed by atoms with Crippen molar-refractivity contribution in [1.82, 2.24) is 9.78 Å². The number of nitrogens with zero attached hydrogens (tertiary/aromatic N) is 2. The Kier molecular flexibility index (Phi) is 4.23. The molecule has 0 fully saturated rings. The summed E-state index contributed by atoms with van der Waals surface area (Å²) in [6, 6.07) is 0. The van der Waals surface area contributed by atoms with E-state index in [4.69, 9.17) is 0 Å². The molecule has 1 rings (SSSR count). The van der Waals surface area contributed by atoms with Crippen LogP contribution in [0.4, 0.5) is 0 Å². The second kappa shape index (κ2) is 5.11. The van der Waals surface area contributed by atoms with Crippen molar-refractivity contribution in [2.45, 2.75) is 72.3 Å². The molecule has 1 atom stereocenters. The number of hydrogen-bond donors (Lipinski definition) is 1. The molecule has 0 aliphatic carbocycles. The molecule has 3 heteroatoms. The Labute approximate surface area is 105 Å². The van der Waals surface area contributed by atoms with Crippen molar-refractivity contribution < 1.29 is 5.11 Å². The lowest BCUT2D eigenvalue weighted by Gasteiger charge is -2.24. The van der Waals surface area contributed by atoms with E-state index in [-0.39, 0.29) is 5.54 Å². The van der Waals surface area contributed by atoms with Crippen molar-refractivity contribution in [3.8, 4) is 5.75 Å². The average Bonchev–Trinajstić information content (AvgIpc) is 2.56. The van der Waals surface area contributed by atoms with Crippen molar-refractivity contribution in [3.05, 3.63) is 11.4 Å². The number of hydrogen-bond acceptors (Lipinski definition) is 2. The standard InChI is InChI=1S/C14H26N2O/c1-7-9-11-13(17)12(10(3)8-2)16(15-11)14(4,5)6/h10,17H,7-9H2,1-6H3. The van der Waals surface area contributed by atoms with Gasteiger partial charge >= 0.3 is 0 Å². The third kappa shape index (κ3) is 2.82. The quantitative estimate of drug-likeness (QED) is 0.866. The fourth-order valence-corrected chi connectivity index (χ4v) is 2.02. The molecule has 0 saturated heterocycles. The third-order valence-corrected chi connectivity index (χ3v) is 3.17. The molecular formula is C14H26N2O. The van der Waals surface area contributed by atoms with Gasteiger partial charge in [0.25, 0.3) is 0 Å². The lowest BCUT2D eigenvalue weighted by Crippen LogP contribution is -2.26. The summed E-state index contributed by atoms with van der Waals surface area (Å²) >= 11 is 0. The molecule has 0 aliphatic heterocycles. The molecule has 0 saturated carbocycles. The predicted molar refractivity (Wildman–Crippen MR) is 71.6 cm³/mol. The highest BCUT2D eigenvalue weighted by Crippen LogP contribution is 2.34. The summed E-state index contributed by atoms with van der Waals surface area (Å²) < 4.78 is 2.00. The number of aryl methyl sites for hydroxylation is 1. The Balaban J connectivity index is 3.32. The molecule has 17 heavy (non-hydrogen) atoms. The Morgan fingerprint density at radius 2 is 1.88 bits per heavy atom. The maximum absolute atomic E-state index is 10.3. The smallest absolute Gasteiger partial charge is 0.160 e. The Morgan fingerprint density at radius 3 is 2.29 bits per heavy atom. The van der Waals surface area contributed by atoms with E-state index in [1.54, 1.807) is 0 Å². The van der Waals surface area contributed by atoms with Crippen molar-refractivity contribution in [3.63, 3.8) is 0 Å². The molecule has 0 aromatic carbocycles. The van der Waals surface area contributed by atoms with Gasteiger partial charge in [-0.05, 0) is 33.6 Å². The lowest BCUT2D eigenvalue weighted by atomic mass is 10.0. The van der Waals surface area contributed by atoms with Crippen LogP contribution in [0.1, 0.15) is 71.7 Å². The van der Waals surface area contributed by atoms with Crippen LogP contribution in [-0.4, -0.2) is 14.9 Å². The predicted octanol–water partition coefficient (Wildman–Crippen LogP) is 3.81. The zero-order valence-electron chi connectivity index (χ0n) is 12.0. The Hall–Kier alpha value is -0.990. The minimum Gasteiger partial charge on any atom is -0.504 e. The SMILES string of the molecule is CCCc1nn(C(C)(C)C)c(C(C)CC)c1O. The van der Waals surface area contributed by atoms with Gasteiger partial charge in [-0.1, -0.05) is 27.2 Å². The first-order valence-corrected chi connectivity index (χ1v) is 6.64. The zero-order chi connectivity index (χ0) is 13.2. The molecule has 0 bridgehead atoms. The van der Waals surface area contributed by atoms with Gasteiger partial charge in [-0.15, -0.1) is 0 Å². The van der Waals surface area contributed by atoms with Gasteiger partial charge in [0.15, 0.2) is 5.75 Å². The number of rotatable bonds is 4. The molecule has 0 aliphatic rings. The monoisotopic (exact) mass is 238 g/mol. The fraction of sp³-hybridized carbons (Fsp3) is 0.786. The van der Waals surface area contributed by atoms with E-state index in [0.717, 1.165) is 30.7 Å². The highest BCUT2D eigenvalue weighted by molar-refractivity contribution is 5.35. The highest BCUT2D eigenvalue weighted by Gasteiger charge is 2.26. The van der Waals surface area contributed by atoms with E-state index in [1.165, 1.54) is 0 Å². The van der Waals surface area contributed by atoms with Gasteiger partial charge < -0.3 is 5.11 Å². The maximum Gasteiger partial charge on any atom is 0.160 e. The van der Waals surface area contributed by atoms with Crippen LogP contribution in [0.3, 0.4) is 0 Å². The maximum atomic E-state index is 10.3. The van der Waals surface area contributed by atoms with Crippen LogP contribution >= 0.6 is 0 Å². The molecule has 0 spiro atoms. The summed E-state index contributed by atoms with van der Waals surface area (Å²) in [4.78, 5) is 0. The molecule has 0 amide bonds. The summed E-state index contributed by atoms with van der Waals surface area (Å²) in [5.41, 5.74) is 1.75. The molecule has 98 valence electrons. The van der Waals surface area contributed by atoms with E-state index in [0.29, 0.717) is 11.7 Å². The number of aromatic hydroxyl groups is 1. The van der Waals surface area contributed by atoms with Crippen molar-refractivity contribution in [2.24, 2.45) is 0 Å². The van der Waals surface area contributed by atoms with Crippen LogP contribution in [0.2, 0.25) is 0 Å². The van der Waals surface area contributed by atoms with E-state index < -0.39 is 0 Å². The van der Waals surface area contributed by atoms with E-state index in [1.807, 2.05) is 4.68 Å². The molecule has 1 heterocycles. The largest absolute Gasteiger partial charge is 0.504 e. The first kappa shape index (κ1) is 14.1. The van der Waals surface area contributed by atoms with Crippen LogP contribution in [0.15, 0.2) is 0 Å². The number of aromatic nitrogens is 2. The van der Waals surface area contributed by atoms with Crippen molar-refractivity contribution in [1.29, 1.82) is 0 Å². The average molecular weight is 238 g/mol.